The molecule has 5 nitrogen and oxygen atoms in total. The van der Waals surface area contributed by atoms with Crippen LogP contribution in [0.2, 0.25) is 0 Å². The van der Waals surface area contributed by atoms with E-state index in [4.69, 9.17) is 0 Å². The van der Waals surface area contributed by atoms with Crippen LogP contribution < -0.4 is 5.32 Å². The van der Waals surface area contributed by atoms with Crippen LogP contribution in [0.1, 0.15) is 23.9 Å². The lowest BCUT2D eigenvalue weighted by molar-refractivity contribution is -0.113. The zero-order chi connectivity index (χ0) is 18.5. The quantitative estimate of drug-likeness (QED) is 0.665. The van der Waals surface area contributed by atoms with E-state index in [0.717, 1.165) is 34.7 Å². The Morgan fingerprint density at radius 3 is 2.58 bits per heavy atom. The Labute approximate surface area is 157 Å². The smallest absolute Gasteiger partial charge is 0.234 e. The van der Waals surface area contributed by atoms with Crippen molar-refractivity contribution in [3.63, 3.8) is 0 Å². The number of benzene rings is 2. The maximum atomic E-state index is 12.5. The van der Waals surface area contributed by atoms with Crippen LogP contribution in [0.4, 0.5) is 5.69 Å². The molecule has 6 heteroatoms. The molecule has 1 heterocycles. The Morgan fingerprint density at radius 1 is 1.08 bits per heavy atom. The fourth-order valence-electron chi connectivity index (χ4n) is 2.82. The standard InChI is InChI=1S/C20H22N4OS/c1-4-16-10-8-9-14(2)19(16)21-18(25)13-26-20-23-22-15(3)24(20)17-11-6-5-7-12-17/h5-12H,4,13H2,1-3H3,(H,21,25). The number of nitrogens with one attached hydrogen (secondary N) is 1. The van der Waals surface area contributed by atoms with Crippen LogP contribution in [0.5, 0.6) is 0 Å². The number of carbonyl (C=O) groups excluding carboxylic acids is 1. The van der Waals surface area contributed by atoms with Crippen molar-refractivity contribution in [1.82, 2.24) is 14.8 Å². The van der Waals surface area contributed by atoms with Crippen molar-refractivity contribution in [2.45, 2.75) is 32.3 Å². The van der Waals surface area contributed by atoms with Gasteiger partial charge in [-0.25, -0.2) is 0 Å². The number of hydrogen-bond donors (Lipinski definition) is 1. The van der Waals surface area contributed by atoms with Crippen molar-refractivity contribution in [2.75, 3.05) is 11.1 Å². The molecule has 0 atom stereocenters. The number of hydrogen-bond acceptors (Lipinski definition) is 4. The minimum Gasteiger partial charge on any atom is -0.325 e. The predicted molar refractivity (Wildman–Crippen MR) is 106 cm³/mol. The van der Waals surface area contributed by atoms with Crippen LogP contribution in [0.15, 0.2) is 53.7 Å². The first-order valence-electron chi connectivity index (χ1n) is 8.58. The molecule has 3 aromatic rings. The third-order valence-corrected chi connectivity index (χ3v) is 5.08. The molecule has 0 saturated heterocycles. The molecule has 0 spiro atoms. The summed E-state index contributed by atoms with van der Waals surface area (Å²) >= 11 is 1.39. The van der Waals surface area contributed by atoms with E-state index in [2.05, 4.69) is 22.4 Å². The highest BCUT2D eigenvalue weighted by atomic mass is 32.2. The summed E-state index contributed by atoms with van der Waals surface area (Å²) in [7, 11) is 0. The van der Waals surface area contributed by atoms with Gasteiger partial charge < -0.3 is 5.32 Å². The zero-order valence-corrected chi connectivity index (χ0v) is 16.0. The number of rotatable bonds is 6. The van der Waals surface area contributed by atoms with E-state index in [0.29, 0.717) is 5.16 Å². The molecule has 0 bridgehead atoms. The molecule has 0 aliphatic carbocycles. The highest BCUT2D eigenvalue weighted by molar-refractivity contribution is 7.99. The van der Waals surface area contributed by atoms with Gasteiger partial charge in [0.15, 0.2) is 5.16 Å². The third-order valence-electron chi connectivity index (χ3n) is 4.15. The lowest BCUT2D eigenvalue weighted by atomic mass is 10.1. The maximum Gasteiger partial charge on any atom is 0.234 e. The molecule has 134 valence electrons. The first-order valence-corrected chi connectivity index (χ1v) is 9.57. The number of nitrogens with zero attached hydrogens (tertiary/aromatic N) is 3. The molecule has 1 N–H and O–H groups in total. The molecule has 0 aliphatic heterocycles. The Bertz CT molecular complexity index is 905. The van der Waals surface area contributed by atoms with Crippen molar-refractivity contribution in [1.29, 1.82) is 0 Å². The molecule has 0 unspecified atom stereocenters. The summed E-state index contributed by atoms with van der Waals surface area (Å²) in [4.78, 5) is 12.5. The summed E-state index contributed by atoms with van der Waals surface area (Å²) < 4.78 is 1.96. The Hall–Kier alpha value is -2.60. The Balaban J connectivity index is 1.72. The molecule has 0 aliphatic rings. The number of carbonyl (C=O) groups is 1. The van der Waals surface area contributed by atoms with Gasteiger partial charge >= 0.3 is 0 Å². The molecule has 2 aromatic carbocycles. The normalized spacial score (nSPS) is 10.7. The molecular formula is C20H22N4OS. The molecule has 1 aromatic heterocycles. The van der Waals surface area contributed by atoms with Crippen molar-refractivity contribution in [2.24, 2.45) is 0 Å². The number of aryl methyl sites for hydroxylation is 3. The Morgan fingerprint density at radius 2 is 1.85 bits per heavy atom. The van der Waals surface area contributed by atoms with Crippen LogP contribution in [0.25, 0.3) is 5.69 Å². The van der Waals surface area contributed by atoms with Gasteiger partial charge in [0.05, 0.1) is 5.75 Å². The van der Waals surface area contributed by atoms with Gasteiger partial charge in [-0.2, -0.15) is 0 Å². The second-order valence-electron chi connectivity index (χ2n) is 6.00. The Kier molecular flexibility index (Phi) is 5.73. The monoisotopic (exact) mass is 366 g/mol. The van der Waals surface area contributed by atoms with E-state index in [9.17, 15) is 4.79 Å². The lowest BCUT2D eigenvalue weighted by Crippen LogP contribution is -2.16. The largest absolute Gasteiger partial charge is 0.325 e. The summed E-state index contributed by atoms with van der Waals surface area (Å²) in [5.41, 5.74) is 4.13. The number of thioether (sulfide) groups is 1. The average Bonchev–Trinajstić information content (AvgIpc) is 3.03. The van der Waals surface area contributed by atoms with E-state index >= 15 is 0 Å². The maximum absolute atomic E-state index is 12.5. The van der Waals surface area contributed by atoms with Gasteiger partial charge in [0.25, 0.3) is 0 Å². The molecule has 0 saturated carbocycles. The van der Waals surface area contributed by atoms with Crippen LogP contribution in [-0.2, 0) is 11.2 Å². The average molecular weight is 366 g/mol. The summed E-state index contributed by atoms with van der Waals surface area (Å²) in [6.45, 7) is 6.01. The van der Waals surface area contributed by atoms with Gasteiger partial charge in [-0.1, -0.05) is 55.1 Å². The van der Waals surface area contributed by atoms with Gasteiger partial charge in [-0.15, -0.1) is 10.2 Å². The van der Waals surface area contributed by atoms with Gasteiger partial charge in [0, 0.05) is 11.4 Å². The second-order valence-corrected chi connectivity index (χ2v) is 6.94. The third kappa shape index (κ3) is 3.96. The SMILES string of the molecule is CCc1cccc(C)c1NC(=O)CSc1nnc(C)n1-c1ccccc1. The molecule has 0 fully saturated rings. The van der Waals surface area contributed by atoms with Gasteiger partial charge in [-0.05, 0) is 43.5 Å². The van der Waals surface area contributed by atoms with Crippen molar-refractivity contribution < 1.29 is 4.79 Å². The predicted octanol–water partition coefficient (Wildman–Crippen LogP) is 4.18. The minimum absolute atomic E-state index is 0.0423. The topological polar surface area (TPSA) is 59.8 Å². The fourth-order valence-corrected chi connectivity index (χ4v) is 3.62. The summed E-state index contributed by atoms with van der Waals surface area (Å²) in [6.07, 6.45) is 0.881. The van der Waals surface area contributed by atoms with Crippen molar-refractivity contribution in [3.8, 4) is 5.69 Å². The van der Waals surface area contributed by atoms with Crippen LogP contribution in [-0.4, -0.2) is 26.4 Å². The highest BCUT2D eigenvalue weighted by Gasteiger charge is 2.14. The van der Waals surface area contributed by atoms with Crippen molar-refractivity contribution in [3.05, 3.63) is 65.5 Å². The molecule has 26 heavy (non-hydrogen) atoms. The van der Waals surface area contributed by atoms with Crippen molar-refractivity contribution >= 4 is 23.4 Å². The first kappa shape index (κ1) is 18.2. The number of anilines is 1. The second kappa shape index (κ2) is 8.19. The highest BCUT2D eigenvalue weighted by Crippen LogP contribution is 2.24. The lowest BCUT2D eigenvalue weighted by Gasteiger charge is -2.13. The summed E-state index contributed by atoms with van der Waals surface area (Å²) in [5.74, 6) is 1.04. The summed E-state index contributed by atoms with van der Waals surface area (Å²) in [5, 5.41) is 12.1. The van der Waals surface area contributed by atoms with E-state index in [1.54, 1.807) is 0 Å². The van der Waals surface area contributed by atoms with E-state index in [1.807, 2.05) is 66.9 Å². The van der Waals surface area contributed by atoms with Gasteiger partial charge in [-0.3, -0.25) is 9.36 Å². The number of aromatic nitrogens is 3. The molecule has 1 amide bonds. The first-order chi connectivity index (χ1) is 12.6. The molecule has 0 radical (unpaired) electrons. The molecule has 3 rings (SSSR count). The van der Waals surface area contributed by atoms with Crippen LogP contribution >= 0.6 is 11.8 Å². The zero-order valence-electron chi connectivity index (χ0n) is 15.2. The fraction of sp³-hybridized carbons (Fsp3) is 0.250. The number of amides is 1. The van der Waals surface area contributed by atoms with Gasteiger partial charge in [0.1, 0.15) is 5.82 Å². The van der Waals surface area contributed by atoms with Crippen LogP contribution in [0.3, 0.4) is 0 Å². The van der Waals surface area contributed by atoms with E-state index < -0.39 is 0 Å². The minimum atomic E-state index is -0.0423. The van der Waals surface area contributed by atoms with E-state index in [1.165, 1.54) is 11.8 Å². The van der Waals surface area contributed by atoms with Gasteiger partial charge in [0.2, 0.25) is 5.91 Å². The van der Waals surface area contributed by atoms with E-state index in [-0.39, 0.29) is 11.7 Å². The number of para-hydroxylation sites is 2. The van der Waals surface area contributed by atoms with Crippen LogP contribution in [0, 0.1) is 13.8 Å². The summed E-state index contributed by atoms with van der Waals surface area (Å²) in [6, 6.07) is 16.0. The molecular weight excluding hydrogens is 344 g/mol.